The van der Waals surface area contributed by atoms with E-state index in [0.29, 0.717) is 29.2 Å². The van der Waals surface area contributed by atoms with Crippen LogP contribution in [0.4, 0.5) is 5.82 Å². The predicted molar refractivity (Wildman–Crippen MR) is 101 cm³/mol. The molecule has 0 N–H and O–H groups in total. The van der Waals surface area contributed by atoms with Crippen molar-refractivity contribution in [2.75, 3.05) is 38.2 Å². The van der Waals surface area contributed by atoms with Gasteiger partial charge in [-0.3, -0.25) is 9.48 Å². The molecule has 0 saturated carbocycles. The third kappa shape index (κ3) is 3.24. The van der Waals surface area contributed by atoms with Gasteiger partial charge in [0.15, 0.2) is 0 Å². The molecule has 8 nitrogen and oxygen atoms in total. The van der Waals surface area contributed by atoms with Gasteiger partial charge in [-0.2, -0.15) is 0 Å². The first-order valence-electron chi connectivity index (χ1n) is 9.40. The van der Waals surface area contributed by atoms with Crippen LogP contribution in [-0.4, -0.2) is 63.8 Å². The summed E-state index contributed by atoms with van der Waals surface area (Å²) >= 11 is 0. The highest BCUT2D eigenvalue weighted by molar-refractivity contribution is 5.96. The van der Waals surface area contributed by atoms with E-state index >= 15 is 0 Å². The lowest BCUT2D eigenvalue weighted by Gasteiger charge is -2.22. The van der Waals surface area contributed by atoms with E-state index < -0.39 is 0 Å². The fourth-order valence-electron chi connectivity index (χ4n) is 4.13. The minimum absolute atomic E-state index is 0.00466. The van der Waals surface area contributed by atoms with Crippen molar-refractivity contribution in [1.29, 1.82) is 0 Å². The van der Waals surface area contributed by atoms with Gasteiger partial charge in [-0.05, 0) is 5.92 Å². The maximum absolute atomic E-state index is 12.9. The number of rotatable bonds is 4. The summed E-state index contributed by atoms with van der Waals surface area (Å²) in [5.74, 6) is 2.71. The molecular formula is C19H26N6O2. The van der Waals surface area contributed by atoms with Crippen LogP contribution in [0.5, 0.6) is 5.88 Å². The van der Waals surface area contributed by atoms with Crippen molar-refractivity contribution in [2.45, 2.75) is 19.8 Å². The minimum atomic E-state index is 0.00466. The molecule has 0 bridgehead atoms. The van der Waals surface area contributed by atoms with Gasteiger partial charge in [0.25, 0.3) is 5.91 Å². The molecule has 4 heterocycles. The van der Waals surface area contributed by atoms with Gasteiger partial charge in [0.2, 0.25) is 5.88 Å². The van der Waals surface area contributed by atoms with E-state index in [1.165, 1.54) is 0 Å². The molecule has 0 radical (unpaired) electrons. The number of anilines is 1. The summed E-state index contributed by atoms with van der Waals surface area (Å²) < 4.78 is 6.86. The topological polar surface area (TPSA) is 76.4 Å². The van der Waals surface area contributed by atoms with Crippen LogP contribution < -0.4 is 9.64 Å². The number of aromatic nitrogens is 4. The average molecular weight is 370 g/mol. The Morgan fingerprint density at radius 1 is 1.19 bits per heavy atom. The lowest BCUT2D eigenvalue weighted by molar-refractivity contribution is 0.0779. The van der Waals surface area contributed by atoms with Gasteiger partial charge in [-0.1, -0.05) is 13.8 Å². The number of amides is 1. The zero-order valence-electron chi connectivity index (χ0n) is 16.3. The van der Waals surface area contributed by atoms with Crippen LogP contribution in [0.1, 0.15) is 35.8 Å². The van der Waals surface area contributed by atoms with E-state index in [2.05, 4.69) is 39.9 Å². The van der Waals surface area contributed by atoms with Gasteiger partial charge in [0, 0.05) is 63.0 Å². The number of aryl methyl sites for hydroxylation is 1. The Morgan fingerprint density at radius 2 is 1.89 bits per heavy atom. The SMILES string of the molecule is COc1nn(C)cc1C(=O)N1CC2CN(c3cc(C(C)C)ncn3)CC2C1. The van der Waals surface area contributed by atoms with Crippen molar-refractivity contribution >= 4 is 11.7 Å². The van der Waals surface area contributed by atoms with Gasteiger partial charge >= 0.3 is 0 Å². The molecule has 0 aromatic carbocycles. The van der Waals surface area contributed by atoms with Crippen LogP contribution in [0.3, 0.4) is 0 Å². The number of methoxy groups -OCH3 is 1. The van der Waals surface area contributed by atoms with Gasteiger partial charge in [-0.15, -0.1) is 5.10 Å². The Morgan fingerprint density at radius 3 is 2.52 bits per heavy atom. The molecule has 0 spiro atoms. The number of ether oxygens (including phenoxy) is 1. The largest absolute Gasteiger partial charge is 0.479 e. The Kier molecular flexibility index (Phi) is 4.49. The third-order valence-electron chi connectivity index (χ3n) is 5.58. The summed E-state index contributed by atoms with van der Waals surface area (Å²) in [5, 5.41) is 4.19. The molecule has 144 valence electrons. The van der Waals surface area contributed by atoms with Gasteiger partial charge in [-0.25, -0.2) is 9.97 Å². The van der Waals surface area contributed by atoms with E-state index in [1.807, 2.05) is 4.90 Å². The molecule has 0 aliphatic carbocycles. The van der Waals surface area contributed by atoms with E-state index in [4.69, 9.17) is 4.74 Å². The lowest BCUT2D eigenvalue weighted by atomic mass is 10.0. The highest BCUT2D eigenvalue weighted by Crippen LogP contribution is 2.35. The third-order valence-corrected chi connectivity index (χ3v) is 5.58. The van der Waals surface area contributed by atoms with Crippen molar-refractivity contribution in [1.82, 2.24) is 24.6 Å². The Bertz CT molecular complexity index is 834. The fourth-order valence-corrected chi connectivity index (χ4v) is 4.13. The molecule has 8 heteroatoms. The molecule has 2 aromatic rings. The normalized spacial score (nSPS) is 21.8. The Hall–Kier alpha value is -2.64. The van der Waals surface area contributed by atoms with Crippen molar-refractivity contribution < 1.29 is 9.53 Å². The smallest absolute Gasteiger partial charge is 0.260 e. The van der Waals surface area contributed by atoms with E-state index in [0.717, 1.165) is 37.7 Å². The molecule has 2 unspecified atom stereocenters. The molecule has 1 amide bonds. The molecule has 2 aliphatic heterocycles. The second kappa shape index (κ2) is 6.83. The van der Waals surface area contributed by atoms with Crippen molar-refractivity contribution in [3.63, 3.8) is 0 Å². The molecular weight excluding hydrogens is 344 g/mol. The second-order valence-corrected chi connectivity index (χ2v) is 7.82. The number of likely N-dealkylation sites (tertiary alicyclic amines) is 1. The summed E-state index contributed by atoms with van der Waals surface area (Å²) in [7, 11) is 3.34. The summed E-state index contributed by atoms with van der Waals surface area (Å²) in [4.78, 5) is 26.0. The molecule has 2 fully saturated rings. The van der Waals surface area contributed by atoms with E-state index in [9.17, 15) is 4.79 Å². The molecule has 2 aromatic heterocycles. The minimum Gasteiger partial charge on any atom is -0.479 e. The molecule has 2 saturated heterocycles. The summed E-state index contributed by atoms with van der Waals surface area (Å²) in [6.07, 6.45) is 3.39. The zero-order chi connectivity index (χ0) is 19.1. The van der Waals surface area contributed by atoms with Crippen molar-refractivity contribution in [3.05, 3.63) is 29.8 Å². The maximum Gasteiger partial charge on any atom is 0.260 e. The van der Waals surface area contributed by atoms with E-state index in [-0.39, 0.29) is 5.91 Å². The van der Waals surface area contributed by atoms with E-state index in [1.54, 1.807) is 31.4 Å². The first-order valence-corrected chi connectivity index (χ1v) is 9.40. The van der Waals surface area contributed by atoms with Crippen molar-refractivity contribution in [2.24, 2.45) is 18.9 Å². The number of carbonyl (C=O) groups excluding carboxylic acids is 1. The standard InChI is InChI=1S/C19H26N6O2/c1-12(2)16-5-17(21-11-20-16)24-6-13-8-25(9-14(13)7-24)19(26)15-10-23(3)22-18(15)27-4/h5,10-14H,6-9H2,1-4H3. The predicted octanol–water partition coefficient (Wildman–Crippen LogP) is 1.55. The van der Waals surface area contributed by atoms with Crippen LogP contribution >= 0.6 is 0 Å². The van der Waals surface area contributed by atoms with Crippen LogP contribution in [0.15, 0.2) is 18.6 Å². The first kappa shape index (κ1) is 17.8. The second-order valence-electron chi connectivity index (χ2n) is 7.82. The first-order chi connectivity index (χ1) is 13.0. The molecule has 4 rings (SSSR count). The Balaban J connectivity index is 1.44. The number of hydrogen-bond acceptors (Lipinski definition) is 6. The monoisotopic (exact) mass is 370 g/mol. The number of fused-ring (bicyclic) bond motifs is 1. The molecule has 27 heavy (non-hydrogen) atoms. The zero-order valence-corrected chi connectivity index (χ0v) is 16.3. The van der Waals surface area contributed by atoms with Gasteiger partial charge in [0.05, 0.1) is 7.11 Å². The number of carbonyl (C=O) groups is 1. The fraction of sp³-hybridized carbons (Fsp3) is 0.579. The summed E-state index contributed by atoms with van der Waals surface area (Å²) in [5.41, 5.74) is 1.60. The molecule has 2 atom stereocenters. The van der Waals surface area contributed by atoms with Crippen LogP contribution in [0.2, 0.25) is 0 Å². The van der Waals surface area contributed by atoms with Gasteiger partial charge < -0.3 is 14.5 Å². The Labute approximate surface area is 159 Å². The number of hydrogen-bond donors (Lipinski definition) is 0. The summed E-state index contributed by atoms with van der Waals surface area (Å²) in [6.45, 7) is 7.66. The number of nitrogens with zero attached hydrogens (tertiary/aromatic N) is 6. The molecule has 2 aliphatic rings. The van der Waals surface area contributed by atoms with Crippen LogP contribution in [-0.2, 0) is 7.05 Å². The van der Waals surface area contributed by atoms with Crippen LogP contribution in [0.25, 0.3) is 0 Å². The average Bonchev–Trinajstić information content (AvgIpc) is 3.33. The summed E-state index contributed by atoms with van der Waals surface area (Å²) in [6, 6.07) is 2.09. The maximum atomic E-state index is 12.9. The van der Waals surface area contributed by atoms with Crippen LogP contribution in [0, 0.1) is 11.8 Å². The lowest BCUT2D eigenvalue weighted by Crippen LogP contribution is -2.33. The van der Waals surface area contributed by atoms with Gasteiger partial charge in [0.1, 0.15) is 17.7 Å². The highest BCUT2D eigenvalue weighted by atomic mass is 16.5. The highest BCUT2D eigenvalue weighted by Gasteiger charge is 2.42. The van der Waals surface area contributed by atoms with Crippen molar-refractivity contribution in [3.8, 4) is 5.88 Å². The quantitative estimate of drug-likeness (QED) is 0.813.